The van der Waals surface area contributed by atoms with Gasteiger partial charge in [-0.05, 0) is 42.7 Å². The zero-order valence-electron chi connectivity index (χ0n) is 14.2. The first-order valence-electron chi connectivity index (χ1n) is 8.45. The first-order chi connectivity index (χ1) is 12.2. The fraction of sp³-hybridized carbons (Fsp3) is 0.368. The van der Waals surface area contributed by atoms with Gasteiger partial charge >= 0.3 is 0 Å². The topological polar surface area (TPSA) is 51.7 Å². The number of ether oxygens (including phenoxy) is 2. The van der Waals surface area contributed by atoms with Gasteiger partial charge in [0.05, 0.1) is 20.3 Å². The molecule has 2 aromatic rings. The Bertz CT molecular complexity index is 822. The molecule has 1 aliphatic carbocycles. The van der Waals surface area contributed by atoms with Crippen LogP contribution in [0.1, 0.15) is 27.2 Å². The highest BCUT2D eigenvalue weighted by Crippen LogP contribution is 2.31. The molecule has 0 spiro atoms. The molecule has 6 heteroatoms. The Morgan fingerprint density at radius 3 is 2.92 bits per heavy atom. The lowest BCUT2D eigenvalue weighted by molar-refractivity contribution is 0.102. The van der Waals surface area contributed by atoms with Gasteiger partial charge in [-0.2, -0.15) is 0 Å². The highest BCUT2D eigenvalue weighted by atomic mass is 32.1. The first-order valence-corrected chi connectivity index (χ1v) is 9.27. The average Bonchev–Trinajstić information content (AvgIpc) is 3.13. The number of carbonyl (C=O) groups is 1. The normalized spacial score (nSPS) is 19.2. The number of morpholine rings is 1. The van der Waals surface area contributed by atoms with Crippen LogP contribution in [0.15, 0.2) is 30.0 Å². The number of fused-ring (bicyclic) bond motifs is 1. The zero-order valence-corrected chi connectivity index (χ0v) is 15.0. The molecular weight excluding hydrogens is 336 g/mol. The van der Waals surface area contributed by atoms with Crippen LogP contribution in [0.3, 0.4) is 0 Å². The molecule has 0 bridgehead atoms. The number of rotatable bonds is 3. The summed E-state index contributed by atoms with van der Waals surface area (Å²) in [5.74, 6) is 0.918. The Balaban J connectivity index is 1.55. The summed E-state index contributed by atoms with van der Waals surface area (Å²) in [7, 11) is 1.65. The summed E-state index contributed by atoms with van der Waals surface area (Å²) in [6.07, 6.45) is 5.47. The molecule has 1 aromatic heterocycles. The van der Waals surface area contributed by atoms with E-state index >= 15 is 0 Å². The van der Waals surface area contributed by atoms with E-state index in [0.29, 0.717) is 0 Å². The molecule has 1 aromatic carbocycles. The van der Waals surface area contributed by atoms with Crippen LogP contribution >= 0.6 is 11.3 Å². The molecule has 1 saturated heterocycles. The van der Waals surface area contributed by atoms with Gasteiger partial charge in [-0.25, -0.2) is 4.98 Å². The highest BCUT2D eigenvalue weighted by Gasteiger charge is 2.23. The van der Waals surface area contributed by atoms with Crippen molar-refractivity contribution in [3.63, 3.8) is 0 Å². The largest absolute Gasteiger partial charge is 0.497 e. The lowest BCUT2D eigenvalue weighted by atomic mass is 9.86. The SMILES string of the molecule is COc1ccc2c(c1)CC/C(=C\c1cnc(N3CCOCC3)s1)C2=O. The fourth-order valence-electron chi connectivity index (χ4n) is 3.24. The second-order valence-corrected chi connectivity index (χ2v) is 7.21. The minimum atomic E-state index is 0.116. The van der Waals surface area contributed by atoms with Crippen LogP contribution in [0, 0.1) is 0 Å². The summed E-state index contributed by atoms with van der Waals surface area (Å²) >= 11 is 1.63. The fourth-order valence-corrected chi connectivity index (χ4v) is 4.17. The number of carbonyl (C=O) groups excluding carboxylic acids is 1. The van der Waals surface area contributed by atoms with Crippen molar-refractivity contribution in [3.8, 4) is 5.75 Å². The number of aryl methyl sites for hydroxylation is 1. The zero-order chi connectivity index (χ0) is 17.2. The molecule has 0 saturated carbocycles. The first kappa shape index (κ1) is 16.3. The third-order valence-electron chi connectivity index (χ3n) is 4.62. The van der Waals surface area contributed by atoms with Crippen molar-refractivity contribution < 1.29 is 14.3 Å². The third-order valence-corrected chi connectivity index (χ3v) is 5.63. The van der Waals surface area contributed by atoms with Gasteiger partial charge in [-0.3, -0.25) is 4.79 Å². The molecule has 0 atom stereocenters. The second kappa shape index (κ2) is 6.98. The molecule has 0 radical (unpaired) electrons. The predicted octanol–water partition coefficient (Wildman–Crippen LogP) is 3.20. The van der Waals surface area contributed by atoms with Gasteiger partial charge < -0.3 is 14.4 Å². The smallest absolute Gasteiger partial charge is 0.189 e. The van der Waals surface area contributed by atoms with Crippen molar-refractivity contribution in [2.75, 3.05) is 38.3 Å². The summed E-state index contributed by atoms with van der Waals surface area (Å²) in [5.41, 5.74) is 2.71. The van der Waals surface area contributed by atoms with E-state index in [4.69, 9.17) is 9.47 Å². The maximum absolute atomic E-state index is 12.8. The number of benzene rings is 1. The van der Waals surface area contributed by atoms with Crippen LogP contribution in [0.2, 0.25) is 0 Å². The molecule has 4 rings (SSSR count). The Morgan fingerprint density at radius 2 is 2.12 bits per heavy atom. The summed E-state index contributed by atoms with van der Waals surface area (Å²) in [6.45, 7) is 3.23. The van der Waals surface area contributed by atoms with Crippen molar-refractivity contribution in [1.82, 2.24) is 4.98 Å². The van der Waals surface area contributed by atoms with Crippen molar-refractivity contribution >= 4 is 28.3 Å². The molecule has 130 valence electrons. The lowest BCUT2D eigenvalue weighted by Crippen LogP contribution is -2.36. The molecule has 0 unspecified atom stereocenters. The minimum absolute atomic E-state index is 0.116. The number of hydrogen-bond acceptors (Lipinski definition) is 6. The Kier molecular flexibility index (Phi) is 4.55. The van der Waals surface area contributed by atoms with E-state index in [2.05, 4.69) is 9.88 Å². The quantitative estimate of drug-likeness (QED) is 0.791. The molecule has 1 aliphatic heterocycles. The monoisotopic (exact) mass is 356 g/mol. The Morgan fingerprint density at radius 1 is 1.28 bits per heavy atom. The van der Waals surface area contributed by atoms with Gasteiger partial charge in [-0.1, -0.05) is 11.3 Å². The van der Waals surface area contributed by atoms with Gasteiger partial charge in [0, 0.05) is 35.3 Å². The van der Waals surface area contributed by atoms with Crippen molar-refractivity contribution in [2.45, 2.75) is 12.8 Å². The van der Waals surface area contributed by atoms with Gasteiger partial charge in [0.25, 0.3) is 0 Å². The third kappa shape index (κ3) is 3.32. The van der Waals surface area contributed by atoms with Gasteiger partial charge in [0.1, 0.15) is 5.75 Å². The second-order valence-electron chi connectivity index (χ2n) is 6.17. The maximum Gasteiger partial charge on any atom is 0.189 e. The number of nitrogens with zero attached hydrogens (tertiary/aromatic N) is 2. The van der Waals surface area contributed by atoms with Gasteiger partial charge in [0.2, 0.25) is 0 Å². The van der Waals surface area contributed by atoms with Crippen molar-refractivity contribution in [1.29, 1.82) is 0 Å². The van der Waals surface area contributed by atoms with E-state index in [1.54, 1.807) is 18.4 Å². The molecule has 2 aliphatic rings. The molecular formula is C19H20N2O3S. The lowest BCUT2D eigenvalue weighted by Gasteiger charge is -2.25. The van der Waals surface area contributed by atoms with Crippen LogP contribution in [0.5, 0.6) is 5.75 Å². The number of allylic oxidation sites excluding steroid dienone is 1. The highest BCUT2D eigenvalue weighted by molar-refractivity contribution is 7.16. The molecule has 5 nitrogen and oxygen atoms in total. The van der Waals surface area contributed by atoms with Crippen LogP contribution in [0.4, 0.5) is 5.13 Å². The number of thiazole rings is 1. The maximum atomic E-state index is 12.8. The predicted molar refractivity (Wildman–Crippen MR) is 98.8 cm³/mol. The summed E-state index contributed by atoms with van der Waals surface area (Å²) in [5, 5.41) is 1.00. The Labute approximate surface area is 150 Å². The van der Waals surface area contributed by atoms with E-state index in [1.165, 1.54) is 0 Å². The average molecular weight is 356 g/mol. The number of ketones is 1. The van der Waals surface area contributed by atoms with Crippen LogP contribution in [-0.4, -0.2) is 44.2 Å². The van der Waals surface area contributed by atoms with Crippen LogP contribution < -0.4 is 9.64 Å². The summed E-state index contributed by atoms with van der Waals surface area (Å²) in [6, 6.07) is 5.69. The van der Waals surface area contributed by atoms with Gasteiger partial charge in [-0.15, -0.1) is 0 Å². The van der Waals surface area contributed by atoms with Crippen molar-refractivity contribution in [3.05, 3.63) is 46.0 Å². The minimum Gasteiger partial charge on any atom is -0.497 e. The van der Waals surface area contributed by atoms with Crippen LogP contribution in [0.25, 0.3) is 6.08 Å². The standard InChI is InChI=1S/C19H20N2O3S/c1-23-15-4-5-17-13(10-15)2-3-14(18(17)22)11-16-12-20-19(25-16)21-6-8-24-9-7-21/h4-5,10-12H,2-3,6-9H2,1H3/b14-11+. The van der Waals surface area contributed by atoms with Crippen LogP contribution in [-0.2, 0) is 11.2 Å². The molecule has 0 N–H and O–H groups in total. The number of hydrogen-bond donors (Lipinski definition) is 0. The van der Waals surface area contributed by atoms with E-state index < -0.39 is 0 Å². The van der Waals surface area contributed by atoms with E-state index in [1.807, 2.05) is 30.5 Å². The van der Waals surface area contributed by atoms with Gasteiger partial charge in [0.15, 0.2) is 10.9 Å². The summed E-state index contributed by atoms with van der Waals surface area (Å²) in [4.78, 5) is 20.6. The summed E-state index contributed by atoms with van der Waals surface area (Å²) < 4.78 is 10.6. The molecule has 25 heavy (non-hydrogen) atoms. The molecule has 1 fully saturated rings. The number of Topliss-reactive ketones (excluding diaryl/α,β-unsaturated/α-hetero) is 1. The van der Waals surface area contributed by atoms with E-state index in [0.717, 1.165) is 71.6 Å². The van der Waals surface area contributed by atoms with Crippen molar-refractivity contribution in [2.24, 2.45) is 0 Å². The number of anilines is 1. The van der Waals surface area contributed by atoms with E-state index in [-0.39, 0.29) is 5.78 Å². The number of methoxy groups -OCH3 is 1. The molecule has 0 amide bonds. The molecule has 2 heterocycles. The Hall–Kier alpha value is -2.18. The van der Waals surface area contributed by atoms with E-state index in [9.17, 15) is 4.79 Å². The number of aromatic nitrogens is 1.